The van der Waals surface area contributed by atoms with Crippen molar-refractivity contribution < 1.29 is 4.42 Å². The van der Waals surface area contributed by atoms with Crippen molar-refractivity contribution >= 4 is 28.3 Å². The minimum atomic E-state index is 0.866. The largest absolute Gasteiger partial charge is 0.456 e. The normalized spacial score (nSPS) is 13.6. The molecule has 1 aliphatic carbocycles. The van der Waals surface area contributed by atoms with Crippen LogP contribution in [0.1, 0.15) is 17.5 Å². The van der Waals surface area contributed by atoms with Crippen LogP contribution in [0.3, 0.4) is 0 Å². The molecule has 1 aliphatic heterocycles. The lowest BCUT2D eigenvalue weighted by atomic mass is 9.90. The fourth-order valence-electron chi connectivity index (χ4n) is 4.95. The number of hydrogen-bond acceptors (Lipinski definition) is 2. The summed E-state index contributed by atoms with van der Waals surface area (Å²) in [5, 5.41) is 2.14. The number of allylic oxidation sites excluding steroid dienone is 1. The molecule has 0 spiro atoms. The van der Waals surface area contributed by atoms with Crippen molar-refractivity contribution in [1.82, 2.24) is 0 Å². The van der Waals surface area contributed by atoms with Crippen LogP contribution < -0.4 is 10.8 Å². The number of nitrogens with zero attached hydrogens (tertiary/aromatic N) is 1. The van der Waals surface area contributed by atoms with Gasteiger partial charge in [-0.2, -0.15) is 0 Å². The first kappa shape index (κ1) is 17.5. The highest BCUT2D eigenvalue weighted by Crippen LogP contribution is 2.37. The second kappa shape index (κ2) is 6.66. The maximum atomic E-state index is 6.32. The highest BCUT2D eigenvalue weighted by Gasteiger charge is 2.21. The molecule has 5 aromatic rings. The molecule has 0 amide bonds. The van der Waals surface area contributed by atoms with Gasteiger partial charge in [-0.25, -0.2) is 4.99 Å². The Hall–Kier alpha value is -4.17. The molecule has 0 radical (unpaired) electrons. The van der Waals surface area contributed by atoms with E-state index < -0.39 is 0 Å². The Bertz CT molecular complexity index is 1690. The molecule has 2 heteroatoms. The van der Waals surface area contributed by atoms with Crippen molar-refractivity contribution in [2.45, 2.75) is 6.42 Å². The molecule has 32 heavy (non-hydrogen) atoms. The van der Waals surface area contributed by atoms with Gasteiger partial charge in [-0.3, -0.25) is 0 Å². The van der Waals surface area contributed by atoms with E-state index in [0.717, 1.165) is 33.9 Å². The molecule has 0 unspecified atom stereocenters. The van der Waals surface area contributed by atoms with Crippen LogP contribution in [0.2, 0.25) is 0 Å². The zero-order valence-corrected chi connectivity index (χ0v) is 17.4. The first-order valence-corrected chi connectivity index (χ1v) is 11.0. The number of furan rings is 1. The van der Waals surface area contributed by atoms with E-state index in [9.17, 15) is 0 Å². The van der Waals surface area contributed by atoms with Crippen LogP contribution in [0, 0.1) is 0 Å². The highest BCUT2D eigenvalue weighted by molar-refractivity contribution is 6.00. The van der Waals surface area contributed by atoms with Crippen LogP contribution >= 0.6 is 0 Å². The molecule has 0 bridgehead atoms. The first-order valence-electron chi connectivity index (χ1n) is 11.0. The third-order valence-electron chi connectivity index (χ3n) is 6.44. The Balaban J connectivity index is 1.43. The van der Waals surface area contributed by atoms with Gasteiger partial charge in [0.25, 0.3) is 0 Å². The highest BCUT2D eigenvalue weighted by atomic mass is 16.3. The molecular formula is C30H19NO. The van der Waals surface area contributed by atoms with Crippen LogP contribution in [-0.4, -0.2) is 0 Å². The van der Waals surface area contributed by atoms with E-state index in [1.54, 1.807) is 0 Å². The van der Waals surface area contributed by atoms with E-state index in [-0.39, 0.29) is 0 Å². The number of hydrogen-bond donors (Lipinski definition) is 0. The lowest BCUT2D eigenvalue weighted by Crippen LogP contribution is -2.07. The SMILES string of the molecule is C1=C(c2cccc(-c3ccccc3)c2)c2c(oc3cc4c(cc23)-c2ccccc2N=4)=CC1. The van der Waals surface area contributed by atoms with Gasteiger partial charge in [0, 0.05) is 28.1 Å². The van der Waals surface area contributed by atoms with Gasteiger partial charge in [-0.15, -0.1) is 0 Å². The van der Waals surface area contributed by atoms with Crippen molar-refractivity contribution in [3.63, 3.8) is 0 Å². The van der Waals surface area contributed by atoms with Crippen LogP contribution in [-0.2, 0) is 0 Å². The van der Waals surface area contributed by atoms with Crippen LogP contribution in [0.4, 0.5) is 5.69 Å². The molecule has 1 aromatic heterocycles. The Labute approximate surface area is 185 Å². The van der Waals surface area contributed by atoms with Gasteiger partial charge < -0.3 is 4.42 Å². The zero-order valence-electron chi connectivity index (χ0n) is 17.4. The molecule has 0 saturated heterocycles. The lowest BCUT2D eigenvalue weighted by Gasteiger charge is -2.12. The molecular weight excluding hydrogens is 390 g/mol. The van der Waals surface area contributed by atoms with E-state index in [1.165, 1.54) is 39.0 Å². The maximum absolute atomic E-state index is 6.32. The second-order valence-corrected chi connectivity index (χ2v) is 8.34. The lowest BCUT2D eigenvalue weighted by molar-refractivity contribution is 0.575. The van der Waals surface area contributed by atoms with Crippen LogP contribution in [0.5, 0.6) is 0 Å². The van der Waals surface area contributed by atoms with Gasteiger partial charge in [-0.1, -0.05) is 72.8 Å². The maximum Gasteiger partial charge on any atom is 0.137 e. The van der Waals surface area contributed by atoms with Crippen LogP contribution in [0.25, 0.3) is 44.9 Å². The summed E-state index contributed by atoms with van der Waals surface area (Å²) >= 11 is 0. The van der Waals surface area contributed by atoms with Crippen molar-refractivity contribution in [1.29, 1.82) is 0 Å². The zero-order chi connectivity index (χ0) is 21.1. The number of para-hydroxylation sites is 1. The molecule has 4 aromatic carbocycles. The molecule has 0 fully saturated rings. The molecule has 2 aliphatic rings. The van der Waals surface area contributed by atoms with Crippen molar-refractivity contribution in [3.05, 3.63) is 119 Å². The van der Waals surface area contributed by atoms with E-state index in [2.05, 4.69) is 97.1 Å². The number of rotatable bonds is 2. The Morgan fingerprint density at radius 2 is 1.47 bits per heavy atom. The monoisotopic (exact) mass is 409 g/mol. The second-order valence-electron chi connectivity index (χ2n) is 8.34. The van der Waals surface area contributed by atoms with Gasteiger partial charge >= 0.3 is 0 Å². The summed E-state index contributed by atoms with van der Waals surface area (Å²) in [6, 6.07) is 32.0. The quantitative estimate of drug-likeness (QED) is 0.314. The fourth-order valence-corrected chi connectivity index (χ4v) is 4.95. The van der Waals surface area contributed by atoms with E-state index >= 15 is 0 Å². The average Bonchev–Trinajstić information content (AvgIpc) is 3.40. The fraction of sp³-hybridized carbons (Fsp3) is 0.0333. The minimum Gasteiger partial charge on any atom is -0.456 e. The topological polar surface area (TPSA) is 25.5 Å². The van der Waals surface area contributed by atoms with Crippen molar-refractivity contribution in [2.24, 2.45) is 4.99 Å². The van der Waals surface area contributed by atoms with Crippen molar-refractivity contribution in [2.75, 3.05) is 0 Å². The van der Waals surface area contributed by atoms with E-state index in [4.69, 9.17) is 9.41 Å². The third-order valence-corrected chi connectivity index (χ3v) is 6.44. The standard InChI is InChI=1S/C30H19NO/c1-2-8-19(9-3-1)20-10-6-11-21(16-20)22-13-7-15-28-30(22)25-17-24-23-12-4-5-14-26(23)31-27(24)18-29(25)32-28/h1-6,8-18H,7H2. The molecule has 0 N–H and O–H groups in total. The third kappa shape index (κ3) is 2.56. The predicted octanol–water partition coefficient (Wildman–Crippen LogP) is 6.65. The molecule has 0 atom stereocenters. The summed E-state index contributed by atoms with van der Waals surface area (Å²) in [5.74, 6) is 0. The number of benzene rings is 4. The van der Waals surface area contributed by atoms with Gasteiger partial charge in [0.2, 0.25) is 0 Å². The molecule has 150 valence electrons. The Morgan fingerprint density at radius 1 is 0.656 bits per heavy atom. The summed E-state index contributed by atoms with van der Waals surface area (Å²) < 4.78 is 6.32. The Morgan fingerprint density at radius 3 is 2.41 bits per heavy atom. The van der Waals surface area contributed by atoms with Gasteiger partial charge in [0.1, 0.15) is 11.0 Å². The predicted molar refractivity (Wildman–Crippen MR) is 130 cm³/mol. The summed E-state index contributed by atoms with van der Waals surface area (Å²) in [4.78, 5) is 4.81. The smallest absolute Gasteiger partial charge is 0.137 e. The number of fused-ring (bicyclic) bond motifs is 6. The Kier molecular flexibility index (Phi) is 3.65. The van der Waals surface area contributed by atoms with Crippen molar-refractivity contribution in [3.8, 4) is 22.3 Å². The molecule has 2 nitrogen and oxygen atoms in total. The molecule has 7 rings (SSSR count). The average molecular weight is 409 g/mol. The van der Waals surface area contributed by atoms with E-state index in [1.807, 2.05) is 6.07 Å². The van der Waals surface area contributed by atoms with Gasteiger partial charge in [0.05, 0.1) is 11.0 Å². The summed E-state index contributed by atoms with van der Waals surface area (Å²) in [6.45, 7) is 0. The summed E-state index contributed by atoms with van der Waals surface area (Å²) in [5.41, 5.74) is 11.3. The summed E-state index contributed by atoms with van der Waals surface area (Å²) in [7, 11) is 0. The molecule has 2 heterocycles. The summed E-state index contributed by atoms with van der Waals surface area (Å²) in [6.07, 6.45) is 5.35. The molecule has 0 saturated carbocycles. The van der Waals surface area contributed by atoms with Crippen LogP contribution in [0.15, 0.2) is 106 Å². The van der Waals surface area contributed by atoms with Gasteiger partial charge in [-0.05, 0) is 53.0 Å². The van der Waals surface area contributed by atoms with E-state index in [0.29, 0.717) is 0 Å². The minimum absolute atomic E-state index is 0.866. The first-order chi connectivity index (χ1) is 15.8. The van der Waals surface area contributed by atoms with Gasteiger partial charge in [0.15, 0.2) is 0 Å².